The van der Waals surface area contributed by atoms with Gasteiger partial charge in [-0.2, -0.15) is 5.10 Å². The van der Waals surface area contributed by atoms with Crippen LogP contribution in [0.4, 0.5) is 10.2 Å². The molecule has 8 nitrogen and oxygen atoms in total. The topological polar surface area (TPSA) is 124 Å². The maximum absolute atomic E-state index is 14.0. The van der Waals surface area contributed by atoms with Crippen molar-refractivity contribution in [3.05, 3.63) is 64.3 Å². The van der Waals surface area contributed by atoms with Gasteiger partial charge in [-0.05, 0) is 37.3 Å². The minimum Gasteiger partial charge on any atom is -0.306 e. The Labute approximate surface area is 152 Å². The number of fused-ring (bicyclic) bond motifs is 1. The molecule has 27 heavy (non-hydrogen) atoms. The van der Waals surface area contributed by atoms with Gasteiger partial charge in [0.25, 0.3) is 10.0 Å². The first-order valence-corrected chi connectivity index (χ1v) is 9.37. The van der Waals surface area contributed by atoms with Gasteiger partial charge in [0.05, 0.1) is 21.6 Å². The van der Waals surface area contributed by atoms with Crippen LogP contribution in [0.5, 0.6) is 0 Å². The Bertz CT molecular complexity index is 1320. The number of aryl methyl sites for hydroxylation is 1. The maximum atomic E-state index is 14.0. The number of sulfonamides is 1. The van der Waals surface area contributed by atoms with Gasteiger partial charge in [-0.1, -0.05) is 11.6 Å². The molecule has 0 spiro atoms. The summed E-state index contributed by atoms with van der Waals surface area (Å²) in [5, 5.41) is 6.52. The van der Waals surface area contributed by atoms with Crippen LogP contribution in [-0.2, 0) is 10.0 Å². The zero-order valence-electron chi connectivity index (χ0n) is 14.0. The quantitative estimate of drug-likeness (QED) is 0.429. The molecule has 0 atom stereocenters. The largest absolute Gasteiger partial charge is 0.323 e. The van der Waals surface area contributed by atoms with E-state index in [0.717, 1.165) is 5.56 Å². The molecule has 10 heteroatoms. The Hall–Kier alpha value is -3.40. The number of anilines is 1. The third-order valence-electron chi connectivity index (χ3n) is 4.03. The summed E-state index contributed by atoms with van der Waals surface area (Å²) in [5.74, 6) is -0.422. The van der Waals surface area contributed by atoms with Crippen molar-refractivity contribution in [2.24, 2.45) is 0 Å². The van der Waals surface area contributed by atoms with Crippen LogP contribution < -0.4 is 10.4 Å². The predicted octanol–water partition coefficient (Wildman–Crippen LogP) is 2.49. The van der Waals surface area contributed by atoms with Crippen LogP contribution in [0.3, 0.4) is 0 Å². The lowest BCUT2D eigenvalue weighted by Crippen LogP contribution is -2.13. The fraction of sp³-hybridized carbons (Fsp3) is 0.0588. The SMILES string of the molecule is Cc1ccc(F)c(-c2cc(NS(=O)(=O)c3ccc4[nH]c(=O)[nH]c4c3)n[nH]2)c1. The van der Waals surface area contributed by atoms with E-state index in [1.165, 1.54) is 30.3 Å². The van der Waals surface area contributed by atoms with Crippen LogP contribution in [0.15, 0.2) is 52.2 Å². The summed E-state index contributed by atoms with van der Waals surface area (Å²) in [6.07, 6.45) is 0. The van der Waals surface area contributed by atoms with Gasteiger partial charge in [0.15, 0.2) is 5.82 Å². The van der Waals surface area contributed by atoms with Crippen molar-refractivity contribution in [1.29, 1.82) is 0 Å². The molecule has 0 aliphatic heterocycles. The number of hydrogen-bond acceptors (Lipinski definition) is 4. The first-order chi connectivity index (χ1) is 12.8. The number of imidazole rings is 1. The molecule has 2 aromatic carbocycles. The molecule has 4 N–H and O–H groups in total. The molecule has 0 saturated carbocycles. The summed E-state index contributed by atoms with van der Waals surface area (Å²) < 4.78 is 41.5. The number of halogens is 1. The second kappa shape index (κ2) is 6.09. The average Bonchev–Trinajstić information content (AvgIpc) is 3.21. The van der Waals surface area contributed by atoms with Gasteiger partial charge in [0.1, 0.15) is 5.82 Å². The Morgan fingerprint density at radius 2 is 1.81 bits per heavy atom. The molecule has 0 aliphatic rings. The highest BCUT2D eigenvalue weighted by Crippen LogP contribution is 2.25. The minimum absolute atomic E-state index is 0.0218. The lowest BCUT2D eigenvalue weighted by atomic mass is 10.1. The van der Waals surface area contributed by atoms with Crippen molar-refractivity contribution in [3.63, 3.8) is 0 Å². The lowest BCUT2D eigenvalue weighted by Gasteiger charge is -2.05. The highest BCUT2D eigenvalue weighted by molar-refractivity contribution is 7.92. The highest BCUT2D eigenvalue weighted by Gasteiger charge is 2.18. The summed E-state index contributed by atoms with van der Waals surface area (Å²) in [6, 6.07) is 10.2. The molecule has 0 bridgehead atoms. The molecular formula is C17H14FN5O3S. The van der Waals surface area contributed by atoms with Crippen LogP contribution in [0.25, 0.3) is 22.3 Å². The number of nitrogens with zero attached hydrogens (tertiary/aromatic N) is 1. The lowest BCUT2D eigenvalue weighted by molar-refractivity contribution is 0.601. The fourth-order valence-corrected chi connectivity index (χ4v) is 3.75. The third kappa shape index (κ3) is 3.22. The Balaban J connectivity index is 1.65. The van der Waals surface area contributed by atoms with E-state index in [2.05, 4.69) is 24.9 Å². The second-order valence-corrected chi connectivity index (χ2v) is 7.72. The van der Waals surface area contributed by atoms with Crippen LogP contribution in [0.2, 0.25) is 0 Å². The second-order valence-electron chi connectivity index (χ2n) is 6.04. The van der Waals surface area contributed by atoms with Crippen molar-refractivity contribution in [2.45, 2.75) is 11.8 Å². The van der Waals surface area contributed by atoms with Gasteiger partial charge in [-0.25, -0.2) is 17.6 Å². The number of aromatic amines is 3. The van der Waals surface area contributed by atoms with Crippen molar-refractivity contribution >= 4 is 26.9 Å². The van der Waals surface area contributed by atoms with Crippen LogP contribution in [-0.4, -0.2) is 28.6 Å². The van der Waals surface area contributed by atoms with Gasteiger partial charge in [0, 0.05) is 11.6 Å². The third-order valence-corrected chi connectivity index (χ3v) is 5.38. The van der Waals surface area contributed by atoms with Crippen LogP contribution in [0.1, 0.15) is 5.56 Å². The fourth-order valence-electron chi connectivity index (χ4n) is 2.73. The zero-order chi connectivity index (χ0) is 19.2. The summed E-state index contributed by atoms with van der Waals surface area (Å²) in [5.41, 5.74) is 1.93. The molecular weight excluding hydrogens is 373 g/mol. The molecule has 0 aliphatic carbocycles. The Kier molecular flexibility index (Phi) is 3.84. The summed E-state index contributed by atoms with van der Waals surface area (Å²) in [4.78, 5) is 16.3. The van der Waals surface area contributed by atoms with Crippen LogP contribution >= 0.6 is 0 Å². The van der Waals surface area contributed by atoms with Gasteiger partial charge in [-0.15, -0.1) is 0 Å². The van der Waals surface area contributed by atoms with Gasteiger partial charge in [-0.3, -0.25) is 9.82 Å². The molecule has 0 amide bonds. The van der Waals surface area contributed by atoms with E-state index in [1.54, 1.807) is 12.1 Å². The molecule has 0 radical (unpaired) electrons. The monoisotopic (exact) mass is 387 g/mol. The van der Waals surface area contributed by atoms with E-state index in [1.807, 2.05) is 6.92 Å². The molecule has 0 fully saturated rings. The number of nitrogens with one attached hydrogen (secondary N) is 4. The van der Waals surface area contributed by atoms with Crippen LogP contribution in [0, 0.1) is 12.7 Å². The number of aromatic nitrogens is 4. The Morgan fingerprint density at radius 3 is 2.63 bits per heavy atom. The summed E-state index contributed by atoms with van der Waals surface area (Å²) >= 11 is 0. The molecule has 4 rings (SSSR count). The summed E-state index contributed by atoms with van der Waals surface area (Å²) in [6.45, 7) is 1.82. The standard InChI is InChI=1S/C17H14FN5O3S/c1-9-2-4-12(18)11(6-9)14-8-16(22-21-14)23-27(25,26)10-3-5-13-15(7-10)20-17(24)19-13/h2-8H,1H3,(H2,19,20,24)(H2,21,22,23). The predicted molar refractivity (Wildman–Crippen MR) is 98.4 cm³/mol. The molecule has 2 aromatic heterocycles. The van der Waals surface area contributed by atoms with E-state index < -0.39 is 21.5 Å². The molecule has 0 unspecified atom stereocenters. The minimum atomic E-state index is -3.94. The van der Waals surface area contributed by atoms with E-state index in [0.29, 0.717) is 22.3 Å². The number of rotatable bonds is 4. The van der Waals surface area contributed by atoms with Crippen molar-refractivity contribution in [1.82, 2.24) is 20.2 Å². The smallest absolute Gasteiger partial charge is 0.306 e. The van der Waals surface area contributed by atoms with Gasteiger partial charge >= 0.3 is 5.69 Å². The normalized spacial score (nSPS) is 11.8. The van der Waals surface area contributed by atoms with Gasteiger partial charge in [0.2, 0.25) is 0 Å². The molecule has 2 heterocycles. The van der Waals surface area contributed by atoms with Gasteiger partial charge < -0.3 is 9.97 Å². The first kappa shape index (κ1) is 17.0. The van der Waals surface area contributed by atoms with E-state index in [4.69, 9.17) is 0 Å². The number of hydrogen-bond donors (Lipinski definition) is 4. The van der Waals surface area contributed by atoms with Crippen molar-refractivity contribution in [2.75, 3.05) is 4.72 Å². The number of H-pyrrole nitrogens is 3. The molecule has 4 aromatic rings. The van der Waals surface area contributed by atoms with E-state index in [9.17, 15) is 17.6 Å². The Morgan fingerprint density at radius 1 is 1.04 bits per heavy atom. The average molecular weight is 387 g/mol. The van der Waals surface area contributed by atoms with Crippen molar-refractivity contribution < 1.29 is 12.8 Å². The molecule has 138 valence electrons. The first-order valence-electron chi connectivity index (χ1n) is 7.89. The number of benzene rings is 2. The van der Waals surface area contributed by atoms with E-state index >= 15 is 0 Å². The van der Waals surface area contributed by atoms with Crippen molar-refractivity contribution in [3.8, 4) is 11.3 Å². The highest BCUT2D eigenvalue weighted by atomic mass is 32.2. The van der Waals surface area contributed by atoms with E-state index in [-0.39, 0.29) is 10.7 Å². The summed E-state index contributed by atoms with van der Waals surface area (Å²) in [7, 11) is -3.94. The maximum Gasteiger partial charge on any atom is 0.323 e. The zero-order valence-corrected chi connectivity index (χ0v) is 14.8. The molecule has 0 saturated heterocycles.